The van der Waals surface area contributed by atoms with Crippen LogP contribution in [0, 0.1) is 5.92 Å². The molecule has 2 atom stereocenters. The van der Waals surface area contributed by atoms with Gasteiger partial charge in [-0.05, 0) is 56.6 Å². The Morgan fingerprint density at radius 3 is 2.33 bits per heavy atom. The van der Waals surface area contributed by atoms with Gasteiger partial charge in [0.2, 0.25) is 0 Å². The molecule has 1 aliphatic carbocycles. The van der Waals surface area contributed by atoms with Gasteiger partial charge in [0.1, 0.15) is 0 Å². The first-order valence-corrected chi connectivity index (χ1v) is 8.13. The van der Waals surface area contributed by atoms with E-state index in [2.05, 4.69) is 16.3 Å². The van der Waals surface area contributed by atoms with Crippen LogP contribution in [-0.2, 0) is 0 Å². The molecule has 1 N–H and O–H groups in total. The van der Waals surface area contributed by atoms with Gasteiger partial charge in [0.15, 0.2) is 0 Å². The highest BCUT2D eigenvalue weighted by Crippen LogP contribution is 2.41. The molecule has 4 rings (SSSR count). The van der Waals surface area contributed by atoms with Crippen molar-refractivity contribution >= 4 is 11.7 Å². The van der Waals surface area contributed by atoms with Crippen LogP contribution < -0.4 is 5.32 Å². The molecule has 0 spiro atoms. The number of carbonyl (C=O) groups is 1. The zero-order valence-electron chi connectivity index (χ0n) is 12.3. The molecule has 2 bridgehead atoms. The Morgan fingerprint density at radius 2 is 1.71 bits per heavy atom. The van der Waals surface area contributed by atoms with Gasteiger partial charge in [-0.1, -0.05) is 29.8 Å². The van der Waals surface area contributed by atoms with E-state index in [4.69, 9.17) is 0 Å². The summed E-state index contributed by atoms with van der Waals surface area (Å²) < 4.78 is 0. The molecule has 0 radical (unpaired) electrons. The van der Waals surface area contributed by atoms with Gasteiger partial charge in [-0.2, -0.15) is 0 Å². The van der Waals surface area contributed by atoms with Crippen LogP contribution in [0.15, 0.2) is 42.0 Å². The van der Waals surface area contributed by atoms with E-state index in [1.807, 2.05) is 30.3 Å². The zero-order valence-corrected chi connectivity index (χ0v) is 12.3. The molecule has 2 aliphatic heterocycles. The van der Waals surface area contributed by atoms with Gasteiger partial charge in [0, 0.05) is 17.8 Å². The Kier molecular flexibility index (Phi) is 3.21. The first kappa shape index (κ1) is 12.9. The standard InChI is InChI=1S/C18H22N2O/c21-18(19-15-4-2-1-3-5-15)20-16-8-9-17(20)12-14(11-16)10-13-6-7-13/h1-5,10,13,16-17H,6-9,11-12H2,(H,19,21). The molecule has 3 aliphatic rings. The number of rotatable bonds is 2. The van der Waals surface area contributed by atoms with Crippen LogP contribution >= 0.6 is 0 Å². The van der Waals surface area contributed by atoms with E-state index in [9.17, 15) is 4.79 Å². The molecule has 2 amide bonds. The van der Waals surface area contributed by atoms with E-state index in [0.29, 0.717) is 12.1 Å². The molecular formula is C18H22N2O. The molecule has 21 heavy (non-hydrogen) atoms. The van der Waals surface area contributed by atoms with Crippen molar-refractivity contribution in [1.29, 1.82) is 0 Å². The quantitative estimate of drug-likeness (QED) is 0.811. The Bertz CT molecular complexity index is 546. The minimum Gasteiger partial charge on any atom is -0.318 e. The molecule has 1 aromatic rings. The second-order valence-corrected chi connectivity index (χ2v) is 6.66. The normalized spacial score (nSPS) is 27.6. The monoisotopic (exact) mass is 282 g/mol. The Labute approximate surface area is 126 Å². The maximum Gasteiger partial charge on any atom is 0.322 e. The number of nitrogens with zero attached hydrogens (tertiary/aromatic N) is 1. The fourth-order valence-electron chi connectivity index (χ4n) is 3.82. The van der Waals surface area contributed by atoms with E-state index in [-0.39, 0.29) is 6.03 Å². The molecular weight excluding hydrogens is 260 g/mol. The minimum absolute atomic E-state index is 0.0826. The summed E-state index contributed by atoms with van der Waals surface area (Å²) in [5.41, 5.74) is 2.50. The summed E-state index contributed by atoms with van der Waals surface area (Å²) in [4.78, 5) is 14.7. The summed E-state index contributed by atoms with van der Waals surface area (Å²) in [5, 5.41) is 3.05. The Balaban J connectivity index is 1.45. The molecule has 3 heteroatoms. The second-order valence-electron chi connectivity index (χ2n) is 6.66. The van der Waals surface area contributed by atoms with Gasteiger partial charge in [-0.15, -0.1) is 0 Å². The highest BCUT2D eigenvalue weighted by molar-refractivity contribution is 5.90. The van der Waals surface area contributed by atoms with Crippen molar-refractivity contribution in [3.8, 4) is 0 Å². The largest absolute Gasteiger partial charge is 0.322 e. The number of fused-ring (bicyclic) bond motifs is 2. The Morgan fingerprint density at radius 1 is 1.05 bits per heavy atom. The fraction of sp³-hybridized carbons (Fsp3) is 0.500. The molecule has 110 valence electrons. The third-order valence-electron chi connectivity index (χ3n) is 4.97. The van der Waals surface area contributed by atoms with Gasteiger partial charge in [-0.3, -0.25) is 0 Å². The first-order chi connectivity index (χ1) is 10.3. The van der Waals surface area contributed by atoms with Crippen LogP contribution in [0.1, 0.15) is 38.5 Å². The molecule has 1 aromatic carbocycles. The molecule has 2 heterocycles. The number of carbonyl (C=O) groups excluding carboxylic acids is 1. The lowest BCUT2D eigenvalue weighted by Crippen LogP contribution is -2.46. The maximum absolute atomic E-state index is 12.6. The average Bonchev–Trinajstić information content (AvgIpc) is 3.25. The van der Waals surface area contributed by atoms with Crippen molar-refractivity contribution in [3.63, 3.8) is 0 Å². The summed E-state index contributed by atoms with van der Waals surface area (Å²) >= 11 is 0. The minimum atomic E-state index is 0.0826. The third kappa shape index (κ3) is 2.69. The molecule has 1 saturated carbocycles. The molecule has 3 fully saturated rings. The van der Waals surface area contributed by atoms with Crippen LogP contribution in [0.2, 0.25) is 0 Å². The van der Waals surface area contributed by atoms with Crippen LogP contribution in [0.25, 0.3) is 0 Å². The average molecular weight is 282 g/mol. The predicted octanol–water partition coefficient (Wildman–Crippen LogP) is 4.18. The lowest BCUT2D eigenvalue weighted by atomic mass is 9.96. The molecule has 3 nitrogen and oxygen atoms in total. The van der Waals surface area contributed by atoms with Crippen molar-refractivity contribution < 1.29 is 4.79 Å². The Hall–Kier alpha value is -1.77. The summed E-state index contributed by atoms with van der Waals surface area (Å²) in [6.07, 6.45) is 9.75. The maximum atomic E-state index is 12.6. The predicted molar refractivity (Wildman–Crippen MR) is 84.2 cm³/mol. The van der Waals surface area contributed by atoms with Crippen molar-refractivity contribution in [2.24, 2.45) is 5.92 Å². The number of piperidine rings is 1. The van der Waals surface area contributed by atoms with Gasteiger partial charge >= 0.3 is 6.03 Å². The van der Waals surface area contributed by atoms with E-state index < -0.39 is 0 Å². The van der Waals surface area contributed by atoms with Crippen molar-refractivity contribution in [1.82, 2.24) is 4.90 Å². The SMILES string of the molecule is O=C(Nc1ccccc1)N1C2CCC1CC(=CC1CC1)C2. The number of para-hydroxylation sites is 1. The lowest BCUT2D eigenvalue weighted by molar-refractivity contribution is 0.173. The number of anilines is 1. The van der Waals surface area contributed by atoms with Crippen LogP contribution in [0.4, 0.5) is 10.5 Å². The first-order valence-electron chi connectivity index (χ1n) is 8.13. The van der Waals surface area contributed by atoms with Gasteiger partial charge in [0.25, 0.3) is 0 Å². The third-order valence-corrected chi connectivity index (χ3v) is 4.97. The number of hydrogen-bond acceptors (Lipinski definition) is 1. The van der Waals surface area contributed by atoms with E-state index in [1.165, 1.54) is 12.8 Å². The van der Waals surface area contributed by atoms with E-state index in [0.717, 1.165) is 37.3 Å². The van der Waals surface area contributed by atoms with Gasteiger partial charge < -0.3 is 10.2 Å². The number of hydrogen-bond donors (Lipinski definition) is 1. The van der Waals surface area contributed by atoms with Gasteiger partial charge in [-0.25, -0.2) is 4.79 Å². The summed E-state index contributed by atoms with van der Waals surface area (Å²) in [7, 11) is 0. The molecule has 2 unspecified atom stereocenters. The fourth-order valence-corrected chi connectivity index (χ4v) is 3.82. The van der Waals surface area contributed by atoms with E-state index in [1.54, 1.807) is 5.57 Å². The summed E-state index contributed by atoms with van der Waals surface area (Å²) in [6.45, 7) is 0. The van der Waals surface area contributed by atoms with Crippen molar-refractivity contribution in [3.05, 3.63) is 42.0 Å². The summed E-state index contributed by atoms with van der Waals surface area (Å²) in [6, 6.07) is 10.7. The van der Waals surface area contributed by atoms with Crippen LogP contribution in [-0.4, -0.2) is 23.0 Å². The number of allylic oxidation sites excluding steroid dienone is 1. The highest BCUT2D eigenvalue weighted by Gasteiger charge is 2.41. The number of amides is 2. The topological polar surface area (TPSA) is 32.3 Å². The summed E-state index contributed by atoms with van der Waals surface area (Å²) in [5.74, 6) is 0.851. The molecule has 2 saturated heterocycles. The van der Waals surface area contributed by atoms with E-state index >= 15 is 0 Å². The molecule has 0 aromatic heterocycles. The van der Waals surface area contributed by atoms with Crippen molar-refractivity contribution in [2.75, 3.05) is 5.32 Å². The number of nitrogens with one attached hydrogen (secondary N) is 1. The number of benzene rings is 1. The van der Waals surface area contributed by atoms with Gasteiger partial charge in [0.05, 0.1) is 0 Å². The zero-order chi connectivity index (χ0) is 14.2. The second kappa shape index (κ2) is 5.21. The number of urea groups is 1. The van der Waals surface area contributed by atoms with Crippen molar-refractivity contribution in [2.45, 2.75) is 50.6 Å². The lowest BCUT2D eigenvalue weighted by Gasteiger charge is -2.36. The van der Waals surface area contributed by atoms with Crippen LogP contribution in [0.5, 0.6) is 0 Å². The van der Waals surface area contributed by atoms with Crippen LogP contribution in [0.3, 0.4) is 0 Å². The smallest absolute Gasteiger partial charge is 0.318 e. The highest BCUT2D eigenvalue weighted by atomic mass is 16.2.